The van der Waals surface area contributed by atoms with E-state index in [4.69, 9.17) is 4.42 Å². The lowest BCUT2D eigenvalue weighted by Gasteiger charge is -2.03. The summed E-state index contributed by atoms with van der Waals surface area (Å²) in [4.78, 5) is 11.8. The summed E-state index contributed by atoms with van der Waals surface area (Å²) in [5.41, 5.74) is 2.30. The molecule has 19 heavy (non-hydrogen) atoms. The molecular formula is C16H19NO2. The van der Waals surface area contributed by atoms with Crippen LogP contribution >= 0.6 is 0 Å². The molecule has 100 valence electrons. The number of hydrogen-bond donors (Lipinski definition) is 1. The van der Waals surface area contributed by atoms with E-state index in [-0.39, 0.29) is 5.91 Å². The number of furan rings is 1. The number of nitrogens with one attached hydrogen (secondary N) is 1. The average Bonchev–Trinajstić information content (AvgIpc) is 2.76. The van der Waals surface area contributed by atoms with Gasteiger partial charge in [-0.25, -0.2) is 0 Å². The van der Waals surface area contributed by atoms with Crippen molar-refractivity contribution in [3.8, 4) is 0 Å². The fourth-order valence-electron chi connectivity index (χ4n) is 1.91. The Kier molecular flexibility index (Phi) is 4.39. The van der Waals surface area contributed by atoms with E-state index in [1.165, 1.54) is 5.56 Å². The largest absolute Gasteiger partial charge is 0.456 e. The molecule has 1 aromatic heterocycles. The van der Waals surface area contributed by atoms with Gasteiger partial charge in [0.2, 0.25) is 0 Å². The van der Waals surface area contributed by atoms with E-state index in [0.29, 0.717) is 12.3 Å². The second-order valence-electron chi connectivity index (χ2n) is 4.69. The van der Waals surface area contributed by atoms with Crippen LogP contribution in [0.25, 0.3) is 0 Å². The van der Waals surface area contributed by atoms with Crippen LogP contribution in [0.5, 0.6) is 0 Å². The lowest BCUT2D eigenvalue weighted by Crippen LogP contribution is -2.24. The van der Waals surface area contributed by atoms with Crippen molar-refractivity contribution in [3.63, 3.8) is 0 Å². The van der Waals surface area contributed by atoms with Crippen LogP contribution in [0.2, 0.25) is 0 Å². The van der Waals surface area contributed by atoms with E-state index in [2.05, 4.69) is 17.4 Å². The third-order valence-corrected chi connectivity index (χ3v) is 3.16. The summed E-state index contributed by atoms with van der Waals surface area (Å²) in [5.74, 6) is 1.06. The second kappa shape index (κ2) is 6.23. The minimum atomic E-state index is -0.135. The maximum atomic E-state index is 11.8. The van der Waals surface area contributed by atoms with Crippen LogP contribution < -0.4 is 5.32 Å². The molecule has 0 radical (unpaired) electrons. The first-order chi connectivity index (χ1) is 9.16. The summed E-state index contributed by atoms with van der Waals surface area (Å²) in [6.07, 6.45) is 1.89. The summed E-state index contributed by atoms with van der Waals surface area (Å²) in [5, 5.41) is 2.88. The predicted octanol–water partition coefficient (Wildman–Crippen LogP) is 3.26. The molecule has 0 saturated heterocycles. The van der Waals surface area contributed by atoms with E-state index >= 15 is 0 Å². The smallest absolute Gasteiger partial charge is 0.287 e. The number of hydrogen-bond acceptors (Lipinski definition) is 2. The molecule has 1 N–H and O–H groups in total. The molecule has 0 unspecified atom stereocenters. The van der Waals surface area contributed by atoms with Gasteiger partial charge in [-0.2, -0.15) is 0 Å². The highest BCUT2D eigenvalue weighted by molar-refractivity contribution is 5.91. The maximum Gasteiger partial charge on any atom is 0.287 e. The molecule has 3 nitrogen and oxygen atoms in total. The first kappa shape index (κ1) is 13.4. The van der Waals surface area contributed by atoms with Gasteiger partial charge in [-0.05, 0) is 43.9 Å². The van der Waals surface area contributed by atoms with E-state index in [1.807, 2.05) is 32.0 Å². The normalized spacial score (nSPS) is 10.4. The van der Waals surface area contributed by atoms with Crippen LogP contribution in [-0.4, -0.2) is 12.5 Å². The van der Waals surface area contributed by atoms with Crippen molar-refractivity contribution < 1.29 is 9.21 Å². The zero-order valence-corrected chi connectivity index (χ0v) is 11.4. The standard InChI is InChI=1S/C16H19NO2/c1-12-11-15(19-13(12)2)16(18)17-10-6-9-14-7-4-3-5-8-14/h3-5,7-8,11H,6,9-10H2,1-2H3,(H,17,18). The highest BCUT2D eigenvalue weighted by Gasteiger charge is 2.11. The zero-order chi connectivity index (χ0) is 13.7. The Labute approximate surface area is 113 Å². The van der Waals surface area contributed by atoms with Gasteiger partial charge in [0.05, 0.1) is 0 Å². The topological polar surface area (TPSA) is 42.2 Å². The Morgan fingerprint density at radius 2 is 1.95 bits per heavy atom. The quantitative estimate of drug-likeness (QED) is 0.835. The van der Waals surface area contributed by atoms with Gasteiger partial charge < -0.3 is 9.73 Å². The van der Waals surface area contributed by atoms with E-state index in [9.17, 15) is 4.79 Å². The van der Waals surface area contributed by atoms with E-state index in [1.54, 1.807) is 6.07 Å². The minimum Gasteiger partial charge on any atom is -0.456 e. The van der Waals surface area contributed by atoms with Crippen molar-refractivity contribution in [1.82, 2.24) is 5.32 Å². The van der Waals surface area contributed by atoms with Gasteiger partial charge >= 0.3 is 0 Å². The molecule has 0 saturated carbocycles. The van der Waals surface area contributed by atoms with Crippen LogP contribution in [0, 0.1) is 13.8 Å². The first-order valence-electron chi connectivity index (χ1n) is 6.56. The molecule has 0 spiro atoms. The maximum absolute atomic E-state index is 11.8. The fraction of sp³-hybridized carbons (Fsp3) is 0.312. The number of benzene rings is 1. The van der Waals surface area contributed by atoms with Crippen molar-refractivity contribution in [2.75, 3.05) is 6.54 Å². The first-order valence-corrected chi connectivity index (χ1v) is 6.56. The summed E-state index contributed by atoms with van der Waals surface area (Å²) in [7, 11) is 0. The Morgan fingerprint density at radius 1 is 1.21 bits per heavy atom. The molecule has 0 bridgehead atoms. The highest BCUT2D eigenvalue weighted by Crippen LogP contribution is 2.12. The SMILES string of the molecule is Cc1cc(C(=O)NCCCc2ccccc2)oc1C. The van der Waals surface area contributed by atoms with E-state index in [0.717, 1.165) is 24.2 Å². The van der Waals surface area contributed by atoms with Gasteiger partial charge in [-0.15, -0.1) is 0 Å². The van der Waals surface area contributed by atoms with Gasteiger partial charge in [0.15, 0.2) is 5.76 Å². The Morgan fingerprint density at radius 3 is 2.58 bits per heavy atom. The van der Waals surface area contributed by atoms with Crippen LogP contribution in [0.1, 0.15) is 33.9 Å². The molecule has 0 aliphatic heterocycles. The van der Waals surface area contributed by atoms with Crippen LogP contribution in [0.15, 0.2) is 40.8 Å². The minimum absolute atomic E-state index is 0.135. The zero-order valence-electron chi connectivity index (χ0n) is 11.4. The van der Waals surface area contributed by atoms with Crippen molar-refractivity contribution in [1.29, 1.82) is 0 Å². The number of rotatable bonds is 5. The summed E-state index contributed by atoms with van der Waals surface area (Å²) < 4.78 is 5.38. The predicted molar refractivity (Wildman–Crippen MR) is 75.3 cm³/mol. The van der Waals surface area contributed by atoms with Gasteiger partial charge in [0.1, 0.15) is 5.76 Å². The Balaban J connectivity index is 1.75. The van der Waals surface area contributed by atoms with E-state index < -0.39 is 0 Å². The van der Waals surface area contributed by atoms with Crippen LogP contribution in [0.3, 0.4) is 0 Å². The molecule has 0 fully saturated rings. The highest BCUT2D eigenvalue weighted by atomic mass is 16.3. The number of carbonyl (C=O) groups excluding carboxylic acids is 1. The Hall–Kier alpha value is -2.03. The third-order valence-electron chi connectivity index (χ3n) is 3.16. The van der Waals surface area contributed by atoms with Gasteiger partial charge in [0, 0.05) is 6.54 Å². The fourth-order valence-corrected chi connectivity index (χ4v) is 1.91. The molecule has 2 rings (SSSR count). The number of amides is 1. The summed E-state index contributed by atoms with van der Waals surface area (Å²) in [6, 6.07) is 12.0. The molecule has 1 aromatic carbocycles. The number of aryl methyl sites for hydroxylation is 3. The summed E-state index contributed by atoms with van der Waals surface area (Å²) >= 11 is 0. The van der Waals surface area contributed by atoms with Gasteiger partial charge in [0.25, 0.3) is 5.91 Å². The van der Waals surface area contributed by atoms with Crippen molar-refractivity contribution in [3.05, 3.63) is 59.0 Å². The lowest BCUT2D eigenvalue weighted by atomic mass is 10.1. The van der Waals surface area contributed by atoms with Crippen molar-refractivity contribution >= 4 is 5.91 Å². The van der Waals surface area contributed by atoms with Gasteiger partial charge in [-0.1, -0.05) is 30.3 Å². The molecular weight excluding hydrogens is 238 g/mol. The Bertz CT molecular complexity index is 524. The molecule has 2 aromatic rings. The molecule has 3 heteroatoms. The lowest BCUT2D eigenvalue weighted by molar-refractivity contribution is 0.0924. The molecule has 0 atom stereocenters. The number of carbonyl (C=O) groups is 1. The monoisotopic (exact) mass is 257 g/mol. The average molecular weight is 257 g/mol. The third kappa shape index (κ3) is 3.71. The van der Waals surface area contributed by atoms with Crippen LogP contribution in [0.4, 0.5) is 0 Å². The second-order valence-corrected chi connectivity index (χ2v) is 4.69. The van der Waals surface area contributed by atoms with Gasteiger partial charge in [-0.3, -0.25) is 4.79 Å². The summed E-state index contributed by atoms with van der Waals surface area (Å²) in [6.45, 7) is 4.46. The molecule has 1 amide bonds. The molecule has 1 heterocycles. The van der Waals surface area contributed by atoms with Crippen molar-refractivity contribution in [2.45, 2.75) is 26.7 Å². The van der Waals surface area contributed by atoms with Crippen LogP contribution in [-0.2, 0) is 6.42 Å². The molecule has 0 aliphatic carbocycles. The molecule has 0 aliphatic rings. The van der Waals surface area contributed by atoms with Crippen molar-refractivity contribution in [2.24, 2.45) is 0 Å².